The van der Waals surface area contributed by atoms with Crippen molar-refractivity contribution in [2.24, 2.45) is 0 Å². The standard InChI is InChI=1S/C13H21N5O/c1-5-6-18-13(12(14)10(3)15-18)17(4)8-11-7-9(2)19-16-11/h7H,5-6,8,14H2,1-4H3. The summed E-state index contributed by atoms with van der Waals surface area (Å²) in [6.45, 7) is 7.44. The quantitative estimate of drug-likeness (QED) is 0.894. The lowest BCUT2D eigenvalue weighted by Gasteiger charge is -2.19. The average molecular weight is 263 g/mol. The van der Waals surface area contributed by atoms with Crippen molar-refractivity contribution in [3.8, 4) is 0 Å². The van der Waals surface area contributed by atoms with Gasteiger partial charge in [-0.15, -0.1) is 0 Å². The summed E-state index contributed by atoms with van der Waals surface area (Å²) in [5.74, 6) is 1.76. The van der Waals surface area contributed by atoms with Crippen molar-refractivity contribution in [1.82, 2.24) is 14.9 Å². The van der Waals surface area contributed by atoms with Crippen LogP contribution in [0, 0.1) is 13.8 Å². The van der Waals surface area contributed by atoms with Gasteiger partial charge in [0, 0.05) is 19.7 Å². The molecule has 0 saturated heterocycles. The van der Waals surface area contributed by atoms with Crippen molar-refractivity contribution < 1.29 is 4.52 Å². The molecule has 6 nitrogen and oxygen atoms in total. The van der Waals surface area contributed by atoms with Crippen molar-refractivity contribution in [3.05, 3.63) is 23.2 Å². The Morgan fingerprint density at radius 3 is 2.74 bits per heavy atom. The molecule has 0 aliphatic heterocycles. The molecule has 2 rings (SSSR count). The first kappa shape index (κ1) is 13.5. The Hall–Kier alpha value is -1.98. The minimum atomic E-state index is 0.649. The number of aryl methyl sites for hydroxylation is 3. The van der Waals surface area contributed by atoms with Crippen LogP contribution in [0.4, 0.5) is 11.5 Å². The first-order valence-electron chi connectivity index (χ1n) is 6.49. The Morgan fingerprint density at radius 1 is 1.42 bits per heavy atom. The van der Waals surface area contributed by atoms with Crippen LogP contribution in [0.1, 0.15) is 30.5 Å². The van der Waals surface area contributed by atoms with Crippen LogP contribution >= 0.6 is 0 Å². The first-order chi connectivity index (χ1) is 9.02. The smallest absolute Gasteiger partial charge is 0.150 e. The number of hydrogen-bond acceptors (Lipinski definition) is 5. The maximum absolute atomic E-state index is 6.12. The molecule has 2 aromatic rings. The molecule has 104 valence electrons. The second-order valence-electron chi connectivity index (χ2n) is 4.83. The fourth-order valence-electron chi connectivity index (χ4n) is 2.16. The Labute approximate surface area is 113 Å². The van der Waals surface area contributed by atoms with Crippen LogP contribution in [-0.4, -0.2) is 22.0 Å². The SMILES string of the molecule is CCCn1nc(C)c(N)c1N(C)Cc1cc(C)on1. The highest BCUT2D eigenvalue weighted by Crippen LogP contribution is 2.26. The Balaban J connectivity index is 2.24. The molecular formula is C13H21N5O. The van der Waals surface area contributed by atoms with Crippen LogP contribution in [0.5, 0.6) is 0 Å². The van der Waals surface area contributed by atoms with Crippen molar-refractivity contribution in [3.63, 3.8) is 0 Å². The third-order valence-electron chi connectivity index (χ3n) is 3.02. The monoisotopic (exact) mass is 263 g/mol. The molecule has 0 fully saturated rings. The number of nitrogen functional groups attached to an aromatic ring is 1. The second kappa shape index (κ2) is 5.34. The Bertz CT molecular complexity index is 557. The second-order valence-corrected chi connectivity index (χ2v) is 4.83. The summed E-state index contributed by atoms with van der Waals surface area (Å²) in [5.41, 5.74) is 8.61. The van der Waals surface area contributed by atoms with Gasteiger partial charge >= 0.3 is 0 Å². The van der Waals surface area contributed by atoms with E-state index in [4.69, 9.17) is 10.3 Å². The predicted octanol–water partition coefficient (Wildman–Crippen LogP) is 2.12. The molecule has 0 amide bonds. The summed E-state index contributed by atoms with van der Waals surface area (Å²) in [7, 11) is 1.99. The molecule has 19 heavy (non-hydrogen) atoms. The summed E-state index contributed by atoms with van der Waals surface area (Å²) < 4.78 is 7.04. The molecule has 0 unspecified atom stereocenters. The van der Waals surface area contributed by atoms with Crippen LogP contribution in [0.15, 0.2) is 10.6 Å². The van der Waals surface area contributed by atoms with Gasteiger partial charge in [-0.05, 0) is 20.3 Å². The van der Waals surface area contributed by atoms with Crippen molar-refractivity contribution in [2.75, 3.05) is 17.7 Å². The molecule has 0 aliphatic rings. The molecule has 2 aromatic heterocycles. The van der Waals surface area contributed by atoms with Crippen molar-refractivity contribution >= 4 is 11.5 Å². The lowest BCUT2D eigenvalue weighted by Crippen LogP contribution is -2.21. The van der Waals surface area contributed by atoms with E-state index in [0.717, 1.165) is 41.6 Å². The lowest BCUT2D eigenvalue weighted by atomic mass is 10.3. The molecule has 0 radical (unpaired) electrons. The zero-order chi connectivity index (χ0) is 14.0. The van der Waals surface area contributed by atoms with Crippen LogP contribution in [0.3, 0.4) is 0 Å². The van der Waals surface area contributed by atoms with Gasteiger partial charge in [0.15, 0.2) is 5.82 Å². The average Bonchev–Trinajstić information content (AvgIpc) is 2.85. The zero-order valence-electron chi connectivity index (χ0n) is 12.0. The van der Waals surface area contributed by atoms with Crippen LogP contribution < -0.4 is 10.6 Å². The maximum Gasteiger partial charge on any atom is 0.150 e. The van der Waals surface area contributed by atoms with Gasteiger partial charge in [-0.25, -0.2) is 4.68 Å². The summed E-state index contributed by atoms with van der Waals surface area (Å²) in [4.78, 5) is 2.06. The molecule has 0 bridgehead atoms. The predicted molar refractivity (Wildman–Crippen MR) is 75.0 cm³/mol. The molecule has 6 heteroatoms. The van der Waals surface area contributed by atoms with Crippen LogP contribution in [0.25, 0.3) is 0 Å². The summed E-state index contributed by atoms with van der Waals surface area (Å²) >= 11 is 0. The minimum Gasteiger partial charge on any atom is -0.394 e. The van der Waals surface area contributed by atoms with E-state index >= 15 is 0 Å². The Kier molecular flexibility index (Phi) is 3.78. The normalized spacial score (nSPS) is 10.9. The van der Waals surface area contributed by atoms with Gasteiger partial charge in [0.05, 0.1) is 17.9 Å². The van der Waals surface area contributed by atoms with Gasteiger partial charge in [0.2, 0.25) is 0 Å². The van der Waals surface area contributed by atoms with E-state index in [1.807, 2.05) is 31.6 Å². The highest BCUT2D eigenvalue weighted by atomic mass is 16.5. The van der Waals surface area contributed by atoms with Crippen molar-refractivity contribution in [2.45, 2.75) is 40.3 Å². The van der Waals surface area contributed by atoms with E-state index in [-0.39, 0.29) is 0 Å². The molecule has 0 aliphatic carbocycles. The van der Waals surface area contributed by atoms with Crippen LogP contribution in [0.2, 0.25) is 0 Å². The van der Waals surface area contributed by atoms with E-state index in [2.05, 4.69) is 22.1 Å². The first-order valence-corrected chi connectivity index (χ1v) is 6.49. The number of nitrogens with two attached hydrogens (primary N) is 1. The molecule has 0 aromatic carbocycles. The summed E-state index contributed by atoms with van der Waals surface area (Å²) in [5, 5.41) is 8.48. The van der Waals surface area contributed by atoms with Crippen LogP contribution in [-0.2, 0) is 13.1 Å². The highest BCUT2D eigenvalue weighted by Gasteiger charge is 2.17. The maximum atomic E-state index is 6.12. The summed E-state index contributed by atoms with van der Waals surface area (Å²) in [6.07, 6.45) is 1.02. The third kappa shape index (κ3) is 2.72. The number of aromatic nitrogens is 3. The lowest BCUT2D eigenvalue weighted by molar-refractivity contribution is 0.390. The van der Waals surface area contributed by atoms with Gasteiger partial charge in [0.25, 0.3) is 0 Å². The van der Waals surface area contributed by atoms with Gasteiger partial charge < -0.3 is 15.2 Å². The van der Waals surface area contributed by atoms with E-state index in [1.165, 1.54) is 0 Å². The topological polar surface area (TPSA) is 73.1 Å². The van der Waals surface area contributed by atoms with E-state index in [0.29, 0.717) is 6.54 Å². The minimum absolute atomic E-state index is 0.649. The van der Waals surface area contributed by atoms with Gasteiger partial charge in [-0.3, -0.25) is 0 Å². The fourth-order valence-corrected chi connectivity index (χ4v) is 2.16. The molecule has 0 spiro atoms. The van der Waals surface area contributed by atoms with E-state index in [9.17, 15) is 0 Å². The number of anilines is 2. The van der Waals surface area contributed by atoms with E-state index < -0.39 is 0 Å². The third-order valence-corrected chi connectivity index (χ3v) is 3.02. The Morgan fingerprint density at radius 2 is 2.16 bits per heavy atom. The molecule has 0 saturated carbocycles. The van der Waals surface area contributed by atoms with Gasteiger partial charge in [0.1, 0.15) is 11.5 Å². The van der Waals surface area contributed by atoms with Gasteiger partial charge in [-0.2, -0.15) is 5.10 Å². The molecule has 0 atom stereocenters. The number of rotatable bonds is 5. The largest absolute Gasteiger partial charge is 0.394 e. The fraction of sp³-hybridized carbons (Fsp3) is 0.538. The number of nitrogens with zero attached hydrogens (tertiary/aromatic N) is 4. The molecule has 2 heterocycles. The van der Waals surface area contributed by atoms with Gasteiger partial charge in [-0.1, -0.05) is 12.1 Å². The summed E-state index contributed by atoms with van der Waals surface area (Å²) in [6, 6.07) is 1.93. The van der Waals surface area contributed by atoms with Crippen molar-refractivity contribution in [1.29, 1.82) is 0 Å². The number of hydrogen-bond donors (Lipinski definition) is 1. The zero-order valence-corrected chi connectivity index (χ0v) is 12.0. The molecule has 2 N–H and O–H groups in total. The highest BCUT2D eigenvalue weighted by molar-refractivity contribution is 5.65. The molecular weight excluding hydrogens is 242 g/mol. The van der Waals surface area contributed by atoms with E-state index in [1.54, 1.807) is 0 Å².